The zero-order valence-corrected chi connectivity index (χ0v) is 22.3. The van der Waals surface area contributed by atoms with Gasteiger partial charge in [-0.05, 0) is 68.8 Å². The number of aromatic nitrogens is 4. The highest BCUT2D eigenvalue weighted by atomic mass is 35.5. The summed E-state index contributed by atoms with van der Waals surface area (Å²) < 4.78 is 1.72. The average molecular weight is 541 g/mol. The van der Waals surface area contributed by atoms with Crippen molar-refractivity contribution >= 4 is 46.1 Å². The van der Waals surface area contributed by atoms with Crippen LogP contribution < -0.4 is 10.6 Å². The molecule has 1 aromatic carbocycles. The van der Waals surface area contributed by atoms with Crippen molar-refractivity contribution in [2.24, 2.45) is 17.6 Å². The molecule has 2 saturated heterocycles. The molecule has 0 radical (unpaired) electrons. The lowest BCUT2D eigenvalue weighted by molar-refractivity contribution is -0.118. The fourth-order valence-corrected chi connectivity index (χ4v) is 6.09. The molecule has 9 nitrogen and oxygen atoms in total. The van der Waals surface area contributed by atoms with Gasteiger partial charge >= 0.3 is 0 Å². The van der Waals surface area contributed by atoms with Crippen LogP contribution in [-0.2, 0) is 4.79 Å². The third-order valence-electron chi connectivity index (χ3n) is 7.62. The number of piperidine rings is 1. The number of nitrogens with zero attached hydrogens (tertiary/aromatic N) is 7. The number of likely N-dealkylation sites (tertiary alicyclic amines) is 1. The minimum Gasteiger partial charge on any atom is -0.370 e. The van der Waals surface area contributed by atoms with E-state index in [0.717, 1.165) is 50.5 Å². The van der Waals surface area contributed by atoms with E-state index in [0.29, 0.717) is 39.5 Å². The van der Waals surface area contributed by atoms with Gasteiger partial charge in [0.2, 0.25) is 5.91 Å². The van der Waals surface area contributed by atoms with Gasteiger partial charge in [0.1, 0.15) is 17.4 Å². The number of amides is 1. The van der Waals surface area contributed by atoms with Crippen LogP contribution in [0.5, 0.6) is 0 Å². The van der Waals surface area contributed by atoms with Crippen LogP contribution in [0.2, 0.25) is 10.0 Å². The highest BCUT2D eigenvalue weighted by molar-refractivity contribution is 6.35. The predicted molar refractivity (Wildman–Crippen MR) is 144 cm³/mol. The Labute approximate surface area is 226 Å². The Morgan fingerprint density at radius 1 is 1.27 bits per heavy atom. The molecular formula is C26H30Cl2N8O. The summed E-state index contributed by atoms with van der Waals surface area (Å²) in [7, 11) is 0. The highest BCUT2D eigenvalue weighted by Crippen LogP contribution is 2.35. The number of nitrogens with two attached hydrogens (primary N) is 1. The van der Waals surface area contributed by atoms with E-state index in [1.165, 1.54) is 12.8 Å². The molecular weight excluding hydrogens is 511 g/mol. The quantitative estimate of drug-likeness (QED) is 0.458. The minimum absolute atomic E-state index is 0.227. The van der Waals surface area contributed by atoms with Crippen molar-refractivity contribution < 1.29 is 4.79 Å². The summed E-state index contributed by atoms with van der Waals surface area (Å²) >= 11 is 12.5. The van der Waals surface area contributed by atoms with Crippen LogP contribution in [0.25, 0.3) is 11.2 Å². The topological polar surface area (TPSA) is 117 Å². The molecule has 2 fully saturated rings. The molecule has 1 amide bonds. The van der Waals surface area contributed by atoms with Gasteiger partial charge in [-0.1, -0.05) is 29.3 Å². The summed E-state index contributed by atoms with van der Waals surface area (Å²) in [5, 5.41) is 15.2. The monoisotopic (exact) mass is 540 g/mol. The first-order chi connectivity index (χ1) is 17.8. The number of benzene rings is 1. The van der Waals surface area contributed by atoms with Crippen molar-refractivity contribution in [3.05, 3.63) is 45.7 Å². The molecule has 4 heterocycles. The molecule has 2 aliphatic heterocycles. The molecule has 0 unspecified atom stereocenters. The molecule has 0 bridgehead atoms. The maximum atomic E-state index is 11.1. The minimum atomic E-state index is -0.258. The Morgan fingerprint density at radius 2 is 2.08 bits per heavy atom. The molecule has 2 atom stereocenters. The normalized spacial score (nSPS) is 19.5. The summed E-state index contributed by atoms with van der Waals surface area (Å²) in [6.45, 7) is 6.91. The van der Waals surface area contributed by atoms with Gasteiger partial charge in [0, 0.05) is 36.1 Å². The Morgan fingerprint density at radius 3 is 2.81 bits per heavy atom. The van der Waals surface area contributed by atoms with Gasteiger partial charge < -0.3 is 15.5 Å². The second-order valence-electron chi connectivity index (χ2n) is 10.1. The molecule has 37 heavy (non-hydrogen) atoms. The maximum absolute atomic E-state index is 11.1. The third-order valence-corrected chi connectivity index (χ3v) is 8.18. The number of nitriles is 1. The highest BCUT2D eigenvalue weighted by Gasteiger charge is 2.36. The van der Waals surface area contributed by atoms with E-state index in [4.69, 9.17) is 33.9 Å². The van der Waals surface area contributed by atoms with Crippen LogP contribution in [-0.4, -0.2) is 63.3 Å². The van der Waals surface area contributed by atoms with Gasteiger partial charge in [0.15, 0.2) is 11.3 Å². The van der Waals surface area contributed by atoms with E-state index >= 15 is 0 Å². The SMILES string of the molecule is C[C@H](c1ccc(Cl)cc1Cl)n1nc(C#N)c2ncc(N3CC([C@@H]4CCCN(CCCC(N)=O)C4)C3)nc21. The van der Waals surface area contributed by atoms with Gasteiger partial charge in [0.25, 0.3) is 0 Å². The van der Waals surface area contributed by atoms with Crippen LogP contribution in [0.15, 0.2) is 24.4 Å². The van der Waals surface area contributed by atoms with Crippen molar-refractivity contribution in [2.75, 3.05) is 37.6 Å². The van der Waals surface area contributed by atoms with E-state index in [9.17, 15) is 10.1 Å². The lowest BCUT2D eigenvalue weighted by atomic mass is 9.80. The van der Waals surface area contributed by atoms with Gasteiger partial charge in [-0.25, -0.2) is 14.6 Å². The second kappa shape index (κ2) is 10.8. The molecule has 5 rings (SSSR count). The Kier molecular flexibility index (Phi) is 7.52. The Hall–Kier alpha value is -2.93. The molecule has 2 aromatic heterocycles. The van der Waals surface area contributed by atoms with Crippen molar-refractivity contribution in [1.82, 2.24) is 24.6 Å². The molecule has 0 saturated carbocycles. The number of fused-ring (bicyclic) bond motifs is 1. The summed E-state index contributed by atoms with van der Waals surface area (Å²) in [5.74, 6) is 1.80. The number of hydrogen-bond donors (Lipinski definition) is 1. The number of anilines is 1. The van der Waals surface area contributed by atoms with Crippen molar-refractivity contribution in [2.45, 2.75) is 38.6 Å². The van der Waals surface area contributed by atoms with Crippen LogP contribution in [0.1, 0.15) is 49.9 Å². The van der Waals surface area contributed by atoms with E-state index in [1.807, 2.05) is 13.0 Å². The zero-order chi connectivity index (χ0) is 26.1. The van der Waals surface area contributed by atoms with E-state index in [1.54, 1.807) is 23.0 Å². The standard InChI is InChI=1S/C26H30Cl2N8O/c1-16(20-7-6-19(27)10-21(20)28)36-26-25(22(11-29)33-36)31-12-24(32-26)35-14-18(15-35)17-4-2-8-34(13-17)9-3-5-23(30)37/h6-7,10,12,16-18H,2-5,8-9,13-15H2,1H3,(H2,30,37)/t16-,17-/m1/s1. The molecule has 194 valence electrons. The van der Waals surface area contributed by atoms with Crippen LogP contribution >= 0.6 is 23.2 Å². The van der Waals surface area contributed by atoms with Gasteiger partial charge in [-0.2, -0.15) is 10.4 Å². The fraction of sp³-hybridized carbons (Fsp3) is 0.500. The van der Waals surface area contributed by atoms with Crippen molar-refractivity contribution in [3.63, 3.8) is 0 Å². The first-order valence-electron chi connectivity index (χ1n) is 12.7. The number of hydrogen-bond acceptors (Lipinski definition) is 7. The maximum Gasteiger partial charge on any atom is 0.217 e. The Bertz CT molecular complexity index is 1350. The number of rotatable bonds is 8. The van der Waals surface area contributed by atoms with Crippen molar-refractivity contribution in [1.29, 1.82) is 5.26 Å². The van der Waals surface area contributed by atoms with E-state index < -0.39 is 0 Å². The number of primary amides is 1. The summed E-state index contributed by atoms with van der Waals surface area (Å²) in [6.07, 6.45) is 5.43. The molecule has 11 heteroatoms. The second-order valence-corrected chi connectivity index (χ2v) is 10.9. The smallest absolute Gasteiger partial charge is 0.217 e. The van der Waals surface area contributed by atoms with Gasteiger partial charge in [-0.3, -0.25) is 4.79 Å². The lowest BCUT2D eigenvalue weighted by Crippen LogP contribution is -2.54. The fourth-order valence-electron chi connectivity index (χ4n) is 5.52. The third kappa shape index (κ3) is 5.37. The molecule has 2 N–H and O–H groups in total. The number of carbonyl (C=O) groups is 1. The van der Waals surface area contributed by atoms with Gasteiger partial charge in [-0.15, -0.1) is 0 Å². The predicted octanol–water partition coefficient (Wildman–Crippen LogP) is 4.03. The summed E-state index contributed by atoms with van der Waals surface area (Å²) in [5.41, 5.74) is 7.42. The molecule has 2 aliphatic rings. The first kappa shape index (κ1) is 25.7. The van der Waals surface area contributed by atoms with Crippen LogP contribution in [0.3, 0.4) is 0 Å². The zero-order valence-electron chi connectivity index (χ0n) is 20.8. The average Bonchev–Trinajstić information content (AvgIpc) is 3.21. The van der Waals surface area contributed by atoms with Crippen LogP contribution in [0.4, 0.5) is 5.82 Å². The molecule has 0 aliphatic carbocycles. The molecule has 3 aromatic rings. The number of carbonyl (C=O) groups excluding carboxylic acids is 1. The first-order valence-corrected chi connectivity index (χ1v) is 13.5. The number of halogens is 2. The summed E-state index contributed by atoms with van der Waals surface area (Å²) in [4.78, 5) is 25.2. The van der Waals surface area contributed by atoms with Crippen LogP contribution in [0, 0.1) is 23.2 Å². The summed E-state index contributed by atoms with van der Waals surface area (Å²) in [6, 6.07) is 7.24. The Balaban J connectivity index is 1.30. The lowest BCUT2D eigenvalue weighted by Gasteiger charge is -2.47. The van der Waals surface area contributed by atoms with Crippen molar-refractivity contribution in [3.8, 4) is 6.07 Å². The van der Waals surface area contributed by atoms with E-state index in [2.05, 4.69) is 26.0 Å². The van der Waals surface area contributed by atoms with Gasteiger partial charge in [0.05, 0.1) is 12.2 Å². The largest absolute Gasteiger partial charge is 0.370 e. The van der Waals surface area contributed by atoms with E-state index in [-0.39, 0.29) is 17.6 Å². The molecule has 0 spiro atoms.